The Hall–Kier alpha value is -0.140. The molecule has 1 heterocycles. The molecular formula is C14H26NO2P. The molecule has 0 aromatic rings. The molecule has 0 radical (unpaired) electrons. The molecular weight excluding hydrogens is 245 g/mol. The van der Waals surface area contributed by atoms with Gasteiger partial charge in [0.05, 0.1) is 18.6 Å². The number of amides is 1. The summed E-state index contributed by atoms with van der Waals surface area (Å²) in [5, 5.41) is 0.0840. The summed E-state index contributed by atoms with van der Waals surface area (Å²) in [7, 11) is 3.02. The molecule has 0 aromatic heterocycles. The molecule has 0 N–H and O–H groups in total. The van der Waals surface area contributed by atoms with Gasteiger partial charge in [-0.1, -0.05) is 33.1 Å². The van der Waals surface area contributed by atoms with Crippen LogP contribution in [0.1, 0.15) is 46.0 Å². The van der Waals surface area contributed by atoms with Crippen LogP contribution in [0, 0.1) is 5.41 Å². The fourth-order valence-electron chi connectivity index (χ4n) is 3.18. The van der Waals surface area contributed by atoms with Crippen molar-refractivity contribution in [2.24, 2.45) is 5.41 Å². The summed E-state index contributed by atoms with van der Waals surface area (Å²) >= 11 is 0. The van der Waals surface area contributed by atoms with Gasteiger partial charge in [0.25, 0.3) is 0 Å². The van der Waals surface area contributed by atoms with Crippen molar-refractivity contribution >= 4 is 15.1 Å². The normalized spacial score (nSPS) is 24.9. The standard InChI is InChI=1S/C14H26NO2P/c1-13(2,14(18)6-4-3-5-7-14)12(16)15-8-10-17-11-9-15/h3-11,18H2,1-2H3. The van der Waals surface area contributed by atoms with Gasteiger partial charge in [-0.2, -0.15) is 0 Å². The molecule has 1 saturated heterocycles. The molecule has 104 valence electrons. The van der Waals surface area contributed by atoms with E-state index in [1.54, 1.807) is 0 Å². The summed E-state index contributed by atoms with van der Waals surface area (Å²) in [6.45, 7) is 7.13. The molecule has 1 atom stereocenters. The van der Waals surface area contributed by atoms with Crippen molar-refractivity contribution in [1.29, 1.82) is 0 Å². The highest BCUT2D eigenvalue weighted by atomic mass is 31.0. The first-order chi connectivity index (χ1) is 8.47. The third-order valence-corrected chi connectivity index (χ3v) is 6.12. The third-order valence-electron chi connectivity index (χ3n) is 4.82. The van der Waals surface area contributed by atoms with E-state index in [0.29, 0.717) is 19.1 Å². The van der Waals surface area contributed by atoms with E-state index >= 15 is 0 Å². The van der Waals surface area contributed by atoms with E-state index in [1.807, 2.05) is 4.90 Å². The first kappa shape index (κ1) is 14.3. The first-order valence-corrected chi connectivity index (χ1v) is 7.71. The molecule has 0 aromatic carbocycles. The van der Waals surface area contributed by atoms with Gasteiger partial charge in [0.1, 0.15) is 0 Å². The van der Waals surface area contributed by atoms with E-state index in [-0.39, 0.29) is 10.6 Å². The second-order valence-corrected chi connectivity index (χ2v) is 7.35. The number of carbonyl (C=O) groups excluding carboxylic acids is 1. The highest BCUT2D eigenvalue weighted by molar-refractivity contribution is 7.19. The van der Waals surface area contributed by atoms with Gasteiger partial charge in [-0.25, -0.2) is 0 Å². The zero-order valence-electron chi connectivity index (χ0n) is 11.7. The maximum absolute atomic E-state index is 12.8. The van der Waals surface area contributed by atoms with Gasteiger partial charge in [-0.05, 0) is 18.0 Å². The van der Waals surface area contributed by atoms with Gasteiger partial charge in [0.2, 0.25) is 5.91 Å². The van der Waals surface area contributed by atoms with Crippen molar-refractivity contribution in [3.63, 3.8) is 0 Å². The van der Waals surface area contributed by atoms with Gasteiger partial charge in [-0.3, -0.25) is 4.79 Å². The van der Waals surface area contributed by atoms with E-state index < -0.39 is 0 Å². The average Bonchev–Trinajstić information content (AvgIpc) is 2.39. The number of hydrogen-bond donors (Lipinski definition) is 0. The maximum Gasteiger partial charge on any atom is 0.229 e. The van der Waals surface area contributed by atoms with E-state index in [4.69, 9.17) is 4.74 Å². The zero-order valence-corrected chi connectivity index (χ0v) is 12.9. The summed E-state index contributed by atoms with van der Waals surface area (Å²) in [6.07, 6.45) is 6.13. The Bertz CT molecular complexity index is 305. The predicted octanol–water partition coefficient (Wildman–Crippen LogP) is 2.45. The minimum atomic E-state index is -0.282. The first-order valence-electron chi connectivity index (χ1n) is 7.13. The fraction of sp³-hybridized carbons (Fsp3) is 0.929. The molecule has 1 aliphatic carbocycles. The quantitative estimate of drug-likeness (QED) is 0.722. The minimum Gasteiger partial charge on any atom is -0.378 e. The molecule has 0 bridgehead atoms. The summed E-state index contributed by atoms with van der Waals surface area (Å²) in [5.74, 6) is 0.308. The monoisotopic (exact) mass is 271 g/mol. The van der Waals surface area contributed by atoms with E-state index in [2.05, 4.69) is 23.1 Å². The Kier molecular flexibility index (Phi) is 4.33. The highest BCUT2D eigenvalue weighted by Crippen LogP contribution is 2.49. The smallest absolute Gasteiger partial charge is 0.229 e. The Balaban J connectivity index is 2.10. The van der Waals surface area contributed by atoms with Gasteiger partial charge in [0.15, 0.2) is 0 Å². The van der Waals surface area contributed by atoms with Crippen molar-refractivity contribution in [3.8, 4) is 0 Å². The number of rotatable bonds is 2. The minimum absolute atomic E-state index is 0.0840. The number of hydrogen-bond acceptors (Lipinski definition) is 2. The van der Waals surface area contributed by atoms with Crippen LogP contribution in [0.25, 0.3) is 0 Å². The topological polar surface area (TPSA) is 29.5 Å². The Morgan fingerprint density at radius 1 is 1.17 bits per heavy atom. The Labute approximate surface area is 113 Å². The molecule has 18 heavy (non-hydrogen) atoms. The van der Waals surface area contributed by atoms with Crippen molar-refractivity contribution in [2.75, 3.05) is 26.3 Å². The molecule has 1 unspecified atom stereocenters. The van der Waals surface area contributed by atoms with E-state index in [0.717, 1.165) is 25.9 Å². The molecule has 1 aliphatic heterocycles. The lowest BCUT2D eigenvalue weighted by atomic mass is 9.69. The van der Waals surface area contributed by atoms with Crippen LogP contribution in [-0.4, -0.2) is 42.3 Å². The molecule has 4 heteroatoms. The van der Waals surface area contributed by atoms with Crippen LogP contribution in [0.2, 0.25) is 0 Å². The van der Waals surface area contributed by atoms with Gasteiger partial charge < -0.3 is 9.64 Å². The van der Waals surface area contributed by atoms with Crippen LogP contribution in [0.4, 0.5) is 0 Å². The van der Waals surface area contributed by atoms with Crippen molar-refractivity contribution in [3.05, 3.63) is 0 Å². The van der Waals surface area contributed by atoms with Crippen LogP contribution < -0.4 is 0 Å². The van der Waals surface area contributed by atoms with E-state index in [9.17, 15) is 4.79 Å². The fourth-order valence-corrected chi connectivity index (χ4v) is 3.71. The SMILES string of the molecule is CC(C)(C(=O)N1CCOCC1)C1(P)CCCCC1. The number of nitrogens with zero attached hydrogens (tertiary/aromatic N) is 1. The van der Waals surface area contributed by atoms with Crippen LogP contribution >= 0.6 is 9.24 Å². The third kappa shape index (κ3) is 2.58. The predicted molar refractivity (Wildman–Crippen MR) is 76.7 cm³/mol. The zero-order chi connectivity index (χ0) is 13.2. The van der Waals surface area contributed by atoms with E-state index in [1.165, 1.54) is 19.3 Å². The van der Waals surface area contributed by atoms with Crippen molar-refractivity contribution in [1.82, 2.24) is 4.90 Å². The molecule has 1 saturated carbocycles. The second kappa shape index (κ2) is 5.46. The lowest BCUT2D eigenvalue weighted by molar-refractivity contribution is -0.147. The van der Waals surface area contributed by atoms with Gasteiger partial charge in [-0.15, -0.1) is 9.24 Å². The molecule has 2 rings (SSSR count). The summed E-state index contributed by atoms with van der Waals surface area (Å²) < 4.78 is 5.33. The lowest BCUT2D eigenvalue weighted by Gasteiger charge is -2.47. The van der Waals surface area contributed by atoms with Gasteiger partial charge >= 0.3 is 0 Å². The van der Waals surface area contributed by atoms with Crippen molar-refractivity contribution < 1.29 is 9.53 Å². The number of morpholine rings is 1. The molecule has 3 nitrogen and oxygen atoms in total. The maximum atomic E-state index is 12.8. The van der Waals surface area contributed by atoms with Crippen LogP contribution in [0.3, 0.4) is 0 Å². The average molecular weight is 271 g/mol. The molecule has 2 fully saturated rings. The molecule has 0 spiro atoms. The highest BCUT2D eigenvalue weighted by Gasteiger charge is 2.48. The van der Waals surface area contributed by atoms with Gasteiger partial charge in [0, 0.05) is 13.1 Å². The summed E-state index contributed by atoms with van der Waals surface area (Å²) in [6, 6.07) is 0. The molecule has 1 amide bonds. The number of carbonyl (C=O) groups is 1. The molecule has 2 aliphatic rings. The van der Waals surface area contributed by atoms with Crippen LogP contribution in [0.5, 0.6) is 0 Å². The Morgan fingerprint density at radius 3 is 2.28 bits per heavy atom. The second-order valence-electron chi connectivity index (χ2n) is 6.25. The largest absolute Gasteiger partial charge is 0.378 e. The lowest BCUT2D eigenvalue weighted by Crippen LogP contribution is -2.54. The summed E-state index contributed by atoms with van der Waals surface area (Å²) in [5.41, 5.74) is -0.282. The Morgan fingerprint density at radius 2 is 1.72 bits per heavy atom. The van der Waals surface area contributed by atoms with Crippen LogP contribution in [0.15, 0.2) is 0 Å². The summed E-state index contributed by atoms with van der Waals surface area (Å²) in [4.78, 5) is 14.8. The van der Waals surface area contributed by atoms with Crippen LogP contribution in [-0.2, 0) is 9.53 Å². The number of ether oxygens (including phenoxy) is 1. The van der Waals surface area contributed by atoms with Crippen molar-refractivity contribution in [2.45, 2.75) is 51.1 Å².